The van der Waals surface area contributed by atoms with Crippen LogP contribution in [0.2, 0.25) is 0 Å². The van der Waals surface area contributed by atoms with Crippen molar-refractivity contribution in [1.29, 1.82) is 5.26 Å². The summed E-state index contributed by atoms with van der Waals surface area (Å²) in [4.78, 5) is 12.2. The van der Waals surface area contributed by atoms with Crippen molar-refractivity contribution in [2.24, 2.45) is 5.92 Å². The van der Waals surface area contributed by atoms with Gasteiger partial charge in [-0.1, -0.05) is 30.3 Å². The van der Waals surface area contributed by atoms with E-state index in [1.807, 2.05) is 6.07 Å². The smallest absolute Gasteiger partial charge is 0.417 e. The molecule has 2 aliphatic rings. The van der Waals surface area contributed by atoms with Gasteiger partial charge in [0.15, 0.2) is 9.84 Å². The van der Waals surface area contributed by atoms with Crippen LogP contribution < -0.4 is 10.1 Å². The van der Waals surface area contributed by atoms with Crippen molar-refractivity contribution >= 4 is 15.7 Å². The number of rotatable bonds is 6. The van der Waals surface area contributed by atoms with E-state index in [2.05, 4.69) is 5.32 Å². The van der Waals surface area contributed by atoms with Gasteiger partial charge in [-0.2, -0.15) is 18.4 Å². The van der Waals surface area contributed by atoms with Gasteiger partial charge in [-0.3, -0.25) is 4.79 Å². The molecule has 0 bridgehead atoms. The fourth-order valence-electron chi connectivity index (χ4n) is 4.13. The number of carbonyl (C=O) groups is 1. The zero-order valence-electron chi connectivity index (χ0n) is 17.4. The second kappa shape index (κ2) is 8.37. The van der Waals surface area contributed by atoms with Crippen LogP contribution in [0.1, 0.15) is 31.2 Å². The summed E-state index contributed by atoms with van der Waals surface area (Å²) in [5.41, 5.74) is -2.20. The van der Waals surface area contributed by atoms with E-state index in [1.165, 1.54) is 6.07 Å². The van der Waals surface area contributed by atoms with Crippen LogP contribution in [0.15, 0.2) is 59.5 Å². The van der Waals surface area contributed by atoms with Crippen LogP contribution in [0.25, 0.3) is 0 Å². The van der Waals surface area contributed by atoms with Gasteiger partial charge in [0.2, 0.25) is 5.91 Å². The summed E-state index contributed by atoms with van der Waals surface area (Å²) in [6.07, 6.45) is -5.09. The Balaban J connectivity index is 1.65. The van der Waals surface area contributed by atoms with E-state index in [0.717, 1.165) is 18.2 Å². The summed E-state index contributed by atoms with van der Waals surface area (Å²) in [7, 11) is -4.42. The van der Waals surface area contributed by atoms with E-state index in [9.17, 15) is 31.6 Å². The molecule has 4 rings (SSSR count). The Morgan fingerprint density at radius 1 is 1.06 bits per heavy atom. The van der Waals surface area contributed by atoms with Gasteiger partial charge in [0.1, 0.15) is 17.4 Å². The number of hydrogen-bond donors (Lipinski definition) is 1. The molecule has 2 aromatic carbocycles. The van der Waals surface area contributed by atoms with E-state index in [-0.39, 0.29) is 12.8 Å². The van der Waals surface area contributed by atoms with Crippen LogP contribution in [0, 0.1) is 17.2 Å². The third-order valence-electron chi connectivity index (χ3n) is 6.09. The lowest BCUT2D eigenvalue weighted by atomic mass is 10.0. The molecule has 2 saturated carbocycles. The van der Waals surface area contributed by atoms with Gasteiger partial charge in [0.05, 0.1) is 27.7 Å². The van der Waals surface area contributed by atoms with Gasteiger partial charge < -0.3 is 10.1 Å². The minimum atomic E-state index is -4.84. The van der Waals surface area contributed by atoms with Gasteiger partial charge in [0.25, 0.3) is 0 Å². The normalized spacial score (nSPS) is 24.0. The number of alkyl halides is 3. The first-order chi connectivity index (χ1) is 15.6. The number of amides is 1. The average Bonchev–Trinajstić information content (AvgIpc) is 3.42. The van der Waals surface area contributed by atoms with E-state index < -0.39 is 55.2 Å². The van der Waals surface area contributed by atoms with Crippen molar-refractivity contribution in [3.05, 3.63) is 60.2 Å². The number of nitrogens with zero attached hydrogens (tertiary/aromatic N) is 1. The van der Waals surface area contributed by atoms with Crippen LogP contribution in [-0.2, 0) is 20.8 Å². The highest BCUT2D eigenvalue weighted by Gasteiger charge is 2.51. The van der Waals surface area contributed by atoms with E-state index >= 15 is 0 Å². The fourth-order valence-corrected chi connectivity index (χ4v) is 6.16. The Morgan fingerprint density at radius 3 is 2.30 bits per heavy atom. The molecule has 174 valence electrons. The van der Waals surface area contributed by atoms with Gasteiger partial charge in [-0.25, -0.2) is 8.42 Å². The number of nitriles is 1. The standard InChI is InChI=1S/C23H21F3N2O4S/c24-23(25,26)18-8-4-5-9-20(18)33(30,31)16-12-17(21(29)28-22(14-27)10-11-22)19(13-16)32-15-6-2-1-3-7-15/h1-9,16-17,19H,10-13H2,(H,28,29)/t16?,17-,19-/m0/s1. The van der Waals surface area contributed by atoms with Crippen LogP contribution in [0.3, 0.4) is 0 Å². The molecule has 0 spiro atoms. The van der Waals surface area contributed by atoms with E-state index in [4.69, 9.17) is 4.74 Å². The topological polar surface area (TPSA) is 96.3 Å². The predicted octanol–water partition coefficient (Wildman–Crippen LogP) is 3.88. The fraction of sp³-hybridized carbons (Fsp3) is 0.391. The predicted molar refractivity (Wildman–Crippen MR) is 112 cm³/mol. The minimum Gasteiger partial charge on any atom is -0.490 e. The minimum absolute atomic E-state index is 0.152. The third kappa shape index (κ3) is 4.69. The molecule has 33 heavy (non-hydrogen) atoms. The molecule has 0 radical (unpaired) electrons. The van der Waals surface area contributed by atoms with E-state index in [1.54, 1.807) is 30.3 Å². The van der Waals surface area contributed by atoms with Crippen molar-refractivity contribution in [3.63, 3.8) is 0 Å². The zero-order valence-corrected chi connectivity index (χ0v) is 18.2. The molecule has 0 saturated heterocycles. The summed E-state index contributed by atoms with van der Waals surface area (Å²) in [6, 6.07) is 14.6. The number of benzene rings is 2. The molecule has 0 heterocycles. The Labute approximate surface area is 189 Å². The second-order valence-electron chi connectivity index (χ2n) is 8.39. The maximum absolute atomic E-state index is 13.5. The Bertz CT molecular complexity index is 1190. The summed E-state index contributed by atoms with van der Waals surface area (Å²) in [6.45, 7) is 0. The van der Waals surface area contributed by atoms with Gasteiger partial charge >= 0.3 is 6.18 Å². The maximum Gasteiger partial charge on any atom is 0.417 e. The Morgan fingerprint density at radius 2 is 1.70 bits per heavy atom. The molecule has 0 aliphatic heterocycles. The molecule has 0 aromatic heterocycles. The SMILES string of the molecule is N#CC1(NC(=O)[C@H]2CC(S(=O)(=O)c3ccccc3C(F)(F)F)C[C@@H]2Oc2ccccc2)CC1. The van der Waals surface area contributed by atoms with Gasteiger partial charge in [-0.15, -0.1) is 0 Å². The number of hydrogen-bond acceptors (Lipinski definition) is 5. The molecule has 2 aromatic rings. The summed E-state index contributed by atoms with van der Waals surface area (Å²) in [5, 5.41) is 10.7. The molecule has 6 nitrogen and oxygen atoms in total. The largest absolute Gasteiger partial charge is 0.490 e. The highest BCUT2D eigenvalue weighted by Crippen LogP contribution is 2.42. The van der Waals surface area contributed by atoms with Gasteiger partial charge in [0, 0.05) is 6.42 Å². The molecule has 10 heteroatoms. The quantitative estimate of drug-likeness (QED) is 0.680. The Kier molecular flexibility index (Phi) is 5.86. The summed E-state index contributed by atoms with van der Waals surface area (Å²) < 4.78 is 72.9. The maximum atomic E-state index is 13.5. The molecular formula is C23H21F3N2O4S. The highest BCUT2D eigenvalue weighted by atomic mass is 32.2. The lowest BCUT2D eigenvalue weighted by Gasteiger charge is -2.21. The number of sulfone groups is 1. The first-order valence-corrected chi connectivity index (χ1v) is 12.0. The molecule has 2 aliphatic carbocycles. The number of halogens is 3. The van der Waals surface area contributed by atoms with Crippen molar-refractivity contribution < 1.29 is 31.1 Å². The lowest BCUT2D eigenvalue weighted by molar-refractivity contribution is -0.139. The molecule has 1 amide bonds. The highest BCUT2D eigenvalue weighted by molar-refractivity contribution is 7.92. The first kappa shape index (κ1) is 23.1. The van der Waals surface area contributed by atoms with Crippen LogP contribution >= 0.6 is 0 Å². The van der Waals surface area contributed by atoms with Crippen LogP contribution in [-0.4, -0.2) is 31.2 Å². The van der Waals surface area contributed by atoms with Gasteiger partial charge in [-0.05, 0) is 43.5 Å². The number of carbonyl (C=O) groups excluding carboxylic acids is 1. The van der Waals surface area contributed by atoms with Crippen molar-refractivity contribution in [3.8, 4) is 11.8 Å². The van der Waals surface area contributed by atoms with Crippen LogP contribution in [0.4, 0.5) is 13.2 Å². The molecule has 3 atom stereocenters. The van der Waals surface area contributed by atoms with Crippen molar-refractivity contribution in [2.45, 2.75) is 53.6 Å². The molecule has 1 unspecified atom stereocenters. The molecule has 2 fully saturated rings. The van der Waals surface area contributed by atoms with Crippen molar-refractivity contribution in [2.75, 3.05) is 0 Å². The lowest BCUT2D eigenvalue weighted by Crippen LogP contribution is -2.43. The zero-order chi connectivity index (χ0) is 23.9. The van der Waals surface area contributed by atoms with E-state index in [0.29, 0.717) is 18.6 Å². The molecule has 1 N–H and O–H groups in total. The first-order valence-electron chi connectivity index (χ1n) is 10.4. The van der Waals surface area contributed by atoms with Crippen molar-refractivity contribution in [1.82, 2.24) is 5.32 Å². The average molecular weight is 478 g/mol. The number of nitrogens with one attached hydrogen (secondary N) is 1. The summed E-state index contributed by atoms with van der Waals surface area (Å²) in [5.74, 6) is -1.05. The second-order valence-corrected chi connectivity index (χ2v) is 10.6. The van der Waals surface area contributed by atoms with Crippen LogP contribution in [0.5, 0.6) is 5.75 Å². The number of para-hydroxylation sites is 1. The number of ether oxygens (including phenoxy) is 1. The monoisotopic (exact) mass is 478 g/mol. The third-order valence-corrected chi connectivity index (χ3v) is 8.32. The summed E-state index contributed by atoms with van der Waals surface area (Å²) >= 11 is 0. The Hall–Kier alpha value is -3.06. The molecular weight excluding hydrogens is 457 g/mol.